The van der Waals surface area contributed by atoms with Gasteiger partial charge in [-0.25, -0.2) is 4.98 Å². The molecule has 2 rings (SSSR count). The summed E-state index contributed by atoms with van der Waals surface area (Å²) < 4.78 is 0. The maximum Gasteiger partial charge on any atom is 0.243 e. The molecule has 1 aromatic heterocycles. The van der Waals surface area contributed by atoms with E-state index in [2.05, 4.69) is 22.5 Å². The number of nitrogens with one attached hydrogen (secondary N) is 2. The number of nitrogens with zero attached hydrogens (tertiary/aromatic N) is 1. The van der Waals surface area contributed by atoms with Crippen molar-refractivity contribution in [1.29, 1.82) is 0 Å². The maximum absolute atomic E-state index is 11.9. The summed E-state index contributed by atoms with van der Waals surface area (Å²) in [7, 11) is 0. The minimum absolute atomic E-state index is 0.0391. The van der Waals surface area contributed by atoms with Crippen LogP contribution in [0.5, 0.6) is 0 Å². The Morgan fingerprint density at radius 2 is 2.56 bits per heavy atom. The molecule has 1 saturated heterocycles. The lowest BCUT2D eigenvalue weighted by Crippen LogP contribution is -2.43. The molecule has 1 aromatic rings. The van der Waals surface area contributed by atoms with E-state index < -0.39 is 0 Å². The first-order valence-electron chi connectivity index (χ1n) is 5.78. The highest BCUT2D eigenvalue weighted by atomic mass is 32.1. The summed E-state index contributed by atoms with van der Waals surface area (Å²) in [5.41, 5.74) is 0. The van der Waals surface area contributed by atoms with Crippen LogP contribution in [0, 0.1) is 0 Å². The van der Waals surface area contributed by atoms with Gasteiger partial charge in [0.25, 0.3) is 0 Å². The molecule has 0 spiro atoms. The minimum Gasteiger partial charge on any atom is -0.306 e. The number of thiazole rings is 1. The summed E-state index contributed by atoms with van der Waals surface area (Å²) >= 11 is 1.55. The third kappa shape index (κ3) is 2.80. The number of aryl methyl sites for hydroxylation is 1. The van der Waals surface area contributed by atoms with Gasteiger partial charge in [-0.3, -0.25) is 4.79 Å². The standard InChI is InChI=1S/C11H17N3OS/c1-2-8-7-13-11(16-8)14-10(15)9-5-3-4-6-12-9/h7,9,12H,2-6H2,1H3,(H,13,14,15). The lowest BCUT2D eigenvalue weighted by Gasteiger charge is -2.21. The van der Waals surface area contributed by atoms with Crippen molar-refractivity contribution < 1.29 is 4.79 Å². The highest BCUT2D eigenvalue weighted by Crippen LogP contribution is 2.19. The molecule has 2 N–H and O–H groups in total. The zero-order valence-corrected chi connectivity index (χ0v) is 10.3. The normalized spacial score (nSPS) is 20.7. The number of anilines is 1. The van der Waals surface area contributed by atoms with Crippen molar-refractivity contribution >= 4 is 22.4 Å². The van der Waals surface area contributed by atoms with Crippen LogP contribution < -0.4 is 10.6 Å². The van der Waals surface area contributed by atoms with E-state index in [0.717, 1.165) is 25.8 Å². The van der Waals surface area contributed by atoms with Gasteiger partial charge in [-0.1, -0.05) is 13.3 Å². The minimum atomic E-state index is -0.0391. The van der Waals surface area contributed by atoms with Gasteiger partial charge >= 0.3 is 0 Å². The van der Waals surface area contributed by atoms with Crippen molar-refractivity contribution in [2.24, 2.45) is 0 Å². The number of rotatable bonds is 3. The monoisotopic (exact) mass is 239 g/mol. The Hall–Kier alpha value is -0.940. The second-order valence-corrected chi connectivity index (χ2v) is 5.09. The summed E-state index contributed by atoms with van der Waals surface area (Å²) in [6.07, 6.45) is 6.02. The molecule has 0 saturated carbocycles. The Labute approximate surface area is 99.5 Å². The first-order chi connectivity index (χ1) is 7.79. The molecular weight excluding hydrogens is 222 g/mol. The molecule has 0 bridgehead atoms. The molecule has 1 amide bonds. The number of carbonyl (C=O) groups is 1. The molecule has 16 heavy (non-hydrogen) atoms. The molecule has 1 unspecified atom stereocenters. The quantitative estimate of drug-likeness (QED) is 0.845. The van der Waals surface area contributed by atoms with Crippen LogP contribution in [-0.2, 0) is 11.2 Å². The Morgan fingerprint density at radius 3 is 3.19 bits per heavy atom. The number of piperidine rings is 1. The molecule has 5 heteroatoms. The molecule has 1 aliphatic rings. The Morgan fingerprint density at radius 1 is 1.69 bits per heavy atom. The Kier molecular flexibility index (Phi) is 3.90. The van der Waals surface area contributed by atoms with Crippen LogP contribution in [0.3, 0.4) is 0 Å². The van der Waals surface area contributed by atoms with E-state index in [1.165, 1.54) is 11.3 Å². The fraction of sp³-hybridized carbons (Fsp3) is 0.636. The molecule has 4 nitrogen and oxygen atoms in total. The van der Waals surface area contributed by atoms with E-state index in [9.17, 15) is 4.79 Å². The van der Waals surface area contributed by atoms with Gasteiger partial charge in [-0.15, -0.1) is 11.3 Å². The number of amides is 1. The highest BCUT2D eigenvalue weighted by Gasteiger charge is 2.21. The smallest absolute Gasteiger partial charge is 0.243 e. The van der Waals surface area contributed by atoms with Crippen LogP contribution in [-0.4, -0.2) is 23.5 Å². The second kappa shape index (κ2) is 5.41. The Balaban J connectivity index is 1.90. The summed E-state index contributed by atoms with van der Waals surface area (Å²) in [5, 5.41) is 6.81. The van der Waals surface area contributed by atoms with Crippen molar-refractivity contribution in [3.8, 4) is 0 Å². The third-order valence-electron chi connectivity index (χ3n) is 2.76. The fourth-order valence-electron chi connectivity index (χ4n) is 1.80. The molecule has 0 aromatic carbocycles. The van der Waals surface area contributed by atoms with Crippen molar-refractivity contribution in [3.63, 3.8) is 0 Å². The van der Waals surface area contributed by atoms with Gasteiger partial charge in [0.05, 0.1) is 6.04 Å². The van der Waals surface area contributed by atoms with Crippen LogP contribution in [0.2, 0.25) is 0 Å². The molecule has 0 radical (unpaired) electrons. The maximum atomic E-state index is 11.9. The first kappa shape index (κ1) is 11.5. The average molecular weight is 239 g/mol. The van der Waals surface area contributed by atoms with Gasteiger partial charge in [0.15, 0.2) is 5.13 Å². The van der Waals surface area contributed by atoms with Crippen molar-refractivity contribution in [1.82, 2.24) is 10.3 Å². The number of aromatic nitrogens is 1. The summed E-state index contributed by atoms with van der Waals surface area (Å²) in [6, 6.07) is -0.0391. The van der Waals surface area contributed by atoms with Gasteiger partial charge in [0.1, 0.15) is 0 Å². The van der Waals surface area contributed by atoms with Gasteiger partial charge < -0.3 is 10.6 Å². The van der Waals surface area contributed by atoms with Crippen molar-refractivity contribution in [2.75, 3.05) is 11.9 Å². The van der Waals surface area contributed by atoms with E-state index in [-0.39, 0.29) is 11.9 Å². The molecular formula is C11H17N3OS. The van der Waals surface area contributed by atoms with E-state index in [1.807, 2.05) is 6.20 Å². The number of hydrogen-bond donors (Lipinski definition) is 2. The van der Waals surface area contributed by atoms with Gasteiger partial charge in [0, 0.05) is 11.1 Å². The summed E-state index contributed by atoms with van der Waals surface area (Å²) in [4.78, 5) is 17.2. The van der Waals surface area contributed by atoms with E-state index in [1.54, 1.807) is 11.3 Å². The van der Waals surface area contributed by atoms with Crippen LogP contribution in [0.25, 0.3) is 0 Å². The van der Waals surface area contributed by atoms with Crippen LogP contribution in [0.1, 0.15) is 31.1 Å². The molecule has 1 aliphatic heterocycles. The Bertz CT molecular complexity index is 358. The van der Waals surface area contributed by atoms with E-state index >= 15 is 0 Å². The predicted octanol–water partition coefficient (Wildman–Crippen LogP) is 1.79. The molecule has 1 atom stereocenters. The fourth-order valence-corrected chi connectivity index (χ4v) is 2.55. The van der Waals surface area contributed by atoms with Crippen LogP contribution >= 0.6 is 11.3 Å². The zero-order chi connectivity index (χ0) is 11.4. The van der Waals surface area contributed by atoms with Gasteiger partial charge in [0.2, 0.25) is 5.91 Å². The van der Waals surface area contributed by atoms with Gasteiger partial charge in [-0.2, -0.15) is 0 Å². The lowest BCUT2D eigenvalue weighted by atomic mass is 10.0. The molecule has 2 heterocycles. The SMILES string of the molecule is CCc1cnc(NC(=O)C2CCCCN2)s1. The average Bonchev–Trinajstić information content (AvgIpc) is 2.78. The van der Waals surface area contributed by atoms with Crippen LogP contribution in [0.15, 0.2) is 6.20 Å². The van der Waals surface area contributed by atoms with Gasteiger partial charge in [-0.05, 0) is 25.8 Å². The predicted molar refractivity (Wildman–Crippen MR) is 65.8 cm³/mol. The number of carbonyl (C=O) groups excluding carboxylic acids is 1. The summed E-state index contributed by atoms with van der Waals surface area (Å²) in [6.45, 7) is 3.03. The second-order valence-electron chi connectivity index (χ2n) is 3.98. The van der Waals surface area contributed by atoms with E-state index in [0.29, 0.717) is 5.13 Å². The molecule has 1 fully saturated rings. The van der Waals surface area contributed by atoms with Crippen molar-refractivity contribution in [2.45, 2.75) is 38.6 Å². The molecule has 88 valence electrons. The first-order valence-corrected chi connectivity index (χ1v) is 6.60. The van der Waals surface area contributed by atoms with Crippen LogP contribution in [0.4, 0.5) is 5.13 Å². The third-order valence-corrected chi connectivity index (χ3v) is 3.82. The highest BCUT2D eigenvalue weighted by molar-refractivity contribution is 7.15. The van der Waals surface area contributed by atoms with E-state index in [4.69, 9.17) is 0 Å². The lowest BCUT2D eigenvalue weighted by molar-refractivity contribution is -0.118. The number of hydrogen-bond acceptors (Lipinski definition) is 4. The summed E-state index contributed by atoms with van der Waals surface area (Å²) in [5.74, 6) is 0.0525. The zero-order valence-electron chi connectivity index (χ0n) is 9.45. The topological polar surface area (TPSA) is 54.0 Å². The molecule has 0 aliphatic carbocycles. The largest absolute Gasteiger partial charge is 0.306 e. The van der Waals surface area contributed by atoms with Crippen molar-refractivity contribution in [3.05, 3.63) is 11.1 Å².